The molecule has 0 amide bonds. The Morgan fingerprint density at radius 1 is 1.35 bits per heavy atom. The van der Waals surface area contributed by atoms with Gasteiger partial charge in [-0.3, -0.25) is 0 Å². The van der Waals surface area contributed by atoms with E-state index in [1.54, 1.807) is 0 Å². The minimum absolute atomic E-state index is 0.351. The summed E-state index contributed by atoms with van der Waals surface area (Å²) in [5.41, 5.74) is 1.36. The van der Waals surface area contributed by atoms with E-state index in [4.69, 9.17) is 16.3 Å². The van der Waals surface area contributed by atoms with Crippen molar-refractivity contribution in [3.05, 3.63) is 29.8 Å². The first-order valence-electron chi connectivity index (χ1n) is 6.68. The molecule has 1 nitrogen and oxygen atoms in total. The second kappa shape index (κ2) is 6.30. The molecule has 0 saturated carbocycles. The fraction of sp³-hybridized carbons (Fsp3) is 0.600. The van der Waals surface area contributed by atoms with Crippen molar-refractivity contribution in [2.24, 2.45) is 0 Å². The van der Waals surface area contributed by atoms with Crippen LogP contribution >= 0.6 is 11.6 Å². The molecule has 0 saturated heterocycles. The summed E-state index contributed by atoms with van der Waals surface area (Å²) in [4.78, 5) is 0. The lowest BCUT2D eigenvalue weighted by Crippen LogP contribution is -2.13. The predicted molar refractivity (Wildman–Crippen MR) is 73.0 cm³/mol. The Labute approximate surface area is 109 Å². The van der Waals surface area contributed by atoms with Gasteiger partial charge in [-0.2, -0.15) is 0 Å². The van der Waals surface area contributed by atoms with Crippen LogP contribution in [-0.4, -0.2) is 11.5 Å². The molecule has 1 heterocycles. The topological polar surface area (TPSA) is 9.23 Å². The molecule has 17 heavy (non-hydrogen) atoms. The first-order valence-corrected chi connectivity index (χ1v) is 7.12. The van der Waals surface area contributed by atoms with Gasteiger partial charge in [0.1, 0.15) is 11.9 Å². The minimum atomic E-state index is 0.351. The van der Waals surface area contributed by atoms with Gasteiger partial charge in [-0.25, -0.2) is 0 Å². The highest BCUT2D eigenvalue weighted by molar-refractivity contribution is 6.20. The largest absolute Gasteiger partial charge is 0.490 e. The first kappa shape index (κ1) is 12.8. The molecule has 0 aromatic heterocycles. The maximum Gasteiger partial charge on any atom is 0.123 e. The summed E-state index contributed by atoms with van der Waals surface area (Å²) in [5.74, 6) is 1.08. The maximum absolute atomic E-state index is 6.21. The average molecular weight is 253 g/mol. The minimum Gasteiger partial charge on any atom is -0.490 e. The summed E-state index contributed by atoms with van der Waals surface area (Å²) in [6.07, 6.45) is 7.17. The summed E-state index contributed by atoms with van der Waals surface area (Å²) in [5, 5.41) is 0.351. The van der Waals surface area contributed by atoms with Crippen molar-refractivity contribution in [2.45, 2.75) is 56.9 Å². The van der Waals surface area contributed by atoms with Gasteiger partial charge >= 0.3 is 0 Å². The highest BCUT2D eigenvalue weighted by atomic mass is 35.5. The molecule has 0 N–H and O–H groups in total. The second-order valence-electron chi connectivity index (χ2n) is 4.87. The van der Waals surface area contributed by atoms with E-state index in [1.165, 1.54) is 18.4 Å². The van der Waals surface area contributed by atoms with Crippen LogP contribution in [0.5, 0.6) is 5.75 Å². The number of hydrogen-bond donors (Lipinski definition) is 0. The Hall–Kier alpha value is -0.690. The zero-order valence-corrected chi connectivity index (χ0v) is 11.2. The SMILES string of the molecule is CCCC(Cl)CCCC1Cc2ccccc2O1. The van der Waals surface area contributed by atoms with Gasteiger partial charge in [-0.1, -0.05) is 31.5 Å². The predicted octanol–water partition coefficient (Wildman–Crippen LogP) is 4.57. The Kier molecular flexibility index (Phi) is 4.73. The first-order chi connectivity index (χ1) is 8.29. The molecule has 1 aliphatic heterocycles. The summed E-state index contributed by atoms with van der Waals surface area (Å²) in [7, 11) is 0. The second-order valence-corrected chi connectivity index (χ2v) is 5.49. The molecule has 1 aromatic rings. The quantitative estimate of drug-likeness (QED) is 0.674. The lowest BCUT2D eigenvalue weighted by atomic mass is 10.0. The molecule has 2 heteroatoms. The molecule has 0 radical (unpaired) electrons. The highest BCUT2D eigenvalue weighted by Crippen LogP contribution is 2.30. The number of hydrogen-bond acceptors (Lipinski definition) is 1. The third-order valence-corrected chi connectivity index (χ3v) is 3.80. The van der Waals surface area contributed by atoms with E-state index in [2.05, 4.69) is 25.1 Å². The summed E-state index contributed by atoms with van der Waals surface area (Å²) >= 11 is 6.21. The zero-order chi connectivity index (χ0) is 12.1. The molecule has 1 aliphatic rings. The molecule has 0 aliphatic carbocycles. The molecule has 0 bridgehead atoms. The van der Waals surface area contributed by atoms with E-state index in [0.29, 0.717) is 11.5 Å². The van der Waals surface area contributed by atoms with Crippen LogP contribution in [0.3, 0.4) is 0 Å². The molecule has 0 fully saturated rings. The lowest BCUT2D eigenvalue weighted by Gasteiger charge is -2.12. The van der Waals surface area contributed by atoms with Crippen LogP contribution in [0.4, 0.5) is 0 Å². The normalized spacial score (nSPS) is 19.8. The van der Waals surface area contributed by atoms with Crippen LogP contribution in [0.25, 0.3) is 0 Å². The molecule has 94 valence electrons. The van der Waals surface area contributed by atoms with Crippen LogP contribution in [0, 0.1) is 0 Å². The Balaban J connectivity index is 1.70. The van der Waals surface area contributed by atoms with Crippen molar-refractivity contribution in [1.82, 2.24) is 0 Å². The van der Waals surface area contributed by atoms with Crippen molar-refractivity contribution >= 4 is 11.6 Å². The van der Waals surface area contributed by atoms with Gasteiger partial charge < -0.3 is 4.74 Å². The van der Waals surface area contributed by atoms with E-state index in [9.17, 15) is 0 Å². The summed E-state index contributed by atoms with van der Waals surface area (Å²) in [6, 6.07) is 8.35. The number of halogens is 1. The number of ether oxygens (including phenoxy) is 1. The lowest BCUT2D eigenvalue weighted by molar-refractivity contribution is 0.216. The molecular formula is C15H21ClO. The summed E-state index contributed by atoms with van der Waals surface area (Å²) < 4.78 is 5.91. The van der Waals surface area contributed by atoms with Crippen LogP contribution in [0.1, 0.15) is 44.6 Å². The third kappa shape index (κ3) is 3.64. The molecule has 2 unspecified atom stereocenters. The fourth-order valence-electron chi connectivity index (χ4n) is 2.44. The van der Waals surface area contributed by atoms with Gasteiger partial charge in [0.05, 0.1) is 0 Å². The van der Waals surface area contributed by atoms with Crippen LogP contribution in [0.2, 0.25) is 0 Å². The molecular weight excluding hydrogens is 232 g/mol. The van der Waals surface area contributed by atoms with Gasteiger partial charge in [0.25, 0.3) is 0 Å². The molecule has 2 atom stereocenters. The van der Waals surface area contributed by atoms with E-state index in [-0.39, 0.29) is 0 Å². The monoisotopic (exact) mass is 252 g/mol. The Morgan fingerprint density at radius 2 is 2.18 bits per heavy atom. The van der Waals surface area contributed by atoms with Crippen LogP contribution in [-0.2, 0) is 6.42 Å². The Morgan fingerprint density at radius 3 is 2.94 bits per heavy atom. The van der Waals surface area contributed by atoms with Crippen molar-refractivity contribution in [2.75, 3.05) is 0 Å². The average Bonchev–Trinajstić information content (AvgIpc) is 2.71. The van der Waals surface area contributed by atoms with E-state index < -0.39 is 0 Å². The van der Waals surface area contributed by atoms with Gasteiger partial charge in [0.2, 0.25) is 0 Å². The standard InChI is InChI=1S/C15H21ClO/c1-2-6-13(16)8-5-9-14-11-12-7-3-4-10-15(12)17-14/h3-4,7,10,13-14H,2,5-6,8-9,11H2,1H3. The number of benzene rings is 1. The number of alkyl halides is 1. The molecule has 0 spiro atoms. The van der Waals surface area contributed by atoms with Crippen molar-refractivity contribution in [3.63, 3.8) is 0 Å². The van der Waals surface area contributed by atoms with Crippen molar-refractivity contribution in [1.29, 1.82) is 0 Å². The van der Waals surface area contributed by atoms with Crippen LogP contribution < -0.4 is 4.74 Å². The van der Waals surface area contributed by atoms with Gasteiger partial charge in [-0.15, -0.1) is 11.6 Å². The smallest absolute Gasteiger partial charge is 0.123 e. The van der Waals surface area contributed by atoms with Gasteiger partial charge in [0, 0.05) is 11.8 Å². The highest BCUT2D eigenvalue weighted by Gasteiger charge is 2.21. The maximum atomic E-state index is 6.21. The fourth-order valence-corrected chi connectivity index (χ4v) is 2.81. The van der Waals surface area contributed by atoms with Gasteiger partial charge in [0.15, 0.2) is 0 Å². The Bertz CT molecular complexity index is 326. The number of para-hydroxylation sites is 1. The molecule has 1 aromatic carbocycles. The van der Waals surface area contributed by atoms with Crippen molar-refractivity contribution in [3.8, 4) is 5.75 Å². The van der Waals surface area contributed by atoms with Crippen LogP contribution in [0.15, 0.2) is 24.3 Å². The van der Waals surface area contributed by atoms with Crippen molar-refractivity contribution < 1.29 is 4.74 Å². The summed E-state index contributed by atoms with van der Waals surface area (Å²) in [6.45, 7) is 2.19. The zero-order valence-electron chi connectivity index (χ0n) is 10.5. The molecule has 2 rings (SSSR count). The third-order valence-electron chi connectivity index (χ3n) is 3.36. The number of fused-ring (bicyclic) bond motifs is 1. The van der Waals surface area contributed by atoms with E-state index in [1.807, 2.05) is 6.07 Å². The van der Waals surface area contributed by atoms with Gasteiger partial charge in [-0.05, 0) is 37.3 Å². The van der Waals surface area contributed by atoms with E-state index >= 15 is 0 Å². The van der Waals surface area contributed by atoms with E-state index in [0.717, 1.165) is 31.4 Å². The number of rotatable bonds is 6.